The highest BCUT2D eigenvalue weighted by atomic mass is 16.7. The van der Waals surface area contributed by atoms with Gasteiger partial charge < -0.3 is 19.4 Å². The van der Waals surface area contributed by atoms with Crippen LogP contribution in [0.3, 0.4) is 0 Å². The molecule has 9 nitrogen and oxygen atoms in total. The summed E-state index contributed by atoms with van der Waals surface area (Å²) < 4.78 is 5.13. The van der Waals surface area contributed by atoms with E-state index < -0.39 is 5.97 Å². The average Bonchev–Trinajstić information content (AvgIpc) is 2.97. The Morgan fingerprint density at radius 1 is 1.47 bits per heavy atom. The second-order valence-electron chi connectivity index (χ2n) is 3.37. The predicted molar refractivity (Wildman–Crippen MR) is 62.5 cm³/mol. The van der Waals surface area contributed by atoms with E-state index in [-0.39, 0.29) is 17.4 Å². The number of hydrogen-bond donors (Lipinski definition) is 3. The van der Waals surface area contributed by atoms with Gasteiger partial charge in [-0.05, 0) is 12.1 Å². The number of nitrogens with zero attached hydrogens (tertiary/aromatic N) is 2. The summed E-state index contributed by atoms with van der Waals surface area (Å²) in [5, 5.41) is 2.87. The third kappa shape index (κ3) is 2.97. The molecule has 0 saturated carbocycles. The minimum atomic E-state index is -0.849. The molecule has 2 heterocycles. The Labute approximate surface area is 107 Å². The van der Waals surface area contributed by atoms with Crippen molar-refractivity contribution in [2.24, 2.45) is 11.8 Å². The quantitative estimate of drug-likeness (QED) is 0.635. The molecule has 0 unspecified atom stereocenters. The van der Waals surface area contributed by atoms with Gasteiger partial charge in [-0.2, -0.15) is 16.8 Å². The lowest BCUT2D eigenvalue weighted by Gasteiger charge is -2.07. The summed E-state index contributed by atoms with van der Waals surface area (Å²) in [6, 6.07) is 3.54. The summed E-state index contributed by atoms with van der Waals surface area (Å²) in [5.41, 5.74) is -0.0754. The Kier molecular flexibility index (Phi) is 3.90. The molecule has 19 heavy (non-hydrogen) atoms. The van der Waals surface area contributed by atoms with Crippen LogP contribution in [0.25, 0.3) is 0 Å². The van der Waals surface area contributed by atoms with Crippen LogP contribution in [0.4, 0.5) is 5.95 Å². The number of furan rings is 1. The van der Waals surface area contributed by atoms with Gasteiger partial charge in [0.05, 0.1) is 19.0 Å². The Hall–Kier alpha value is -2.65. The summed E-state index contributed by atoms with van der Waals surface area (Å²) in [6.07, 6.45) is 2.74. The van der Waals surface area contributed by atoms with Crippen LogP contribution in [0.1, 0.15) is 16.1 Å². The molecule has 0 aliphatic carbocycles. The second-order valence-corrected chi connectivity index (χ2v) is 3.37. The van der Waals surface area contributed by atoms with E-state index in [4.69, 9.17) is 16.2 Å². The van der Waals surface area contributed by atoms with Crippen LogP contribution >= 0.6 is 0 Å². The molecule has 0 fully saturated rings. The molecule has 0 amide bonds. The standard InChI is InChI=1S/C10H11N5O4/c11-18-8-7(9(16)19-12)5-14-10(15-8)13-4-6-2-1-3-17-6/h1-3,5H,4,11-12H2,(H,13,14,15). The molecule has 5 N–H and O–H groups in total. The zero-order valence-corrected chi connectivity index (χ0v) is 9.70. The van der Waals surface area contributed by atoms with E-state index in [0.717, 1.165) is 0 Å². The van der Waals surface area contributed by atoms with Gasteiger partial charge in [-0.3, -0.25) is 0 Å². The Morgan fingerprint density at radius 2 is 2.32 bits per heavy atom. The molecule has 0 aliphatic rings. The van der Waals surface area contributed by atoms with E-state index in [9.17, 15) is 4.79 Å². The summed E-state index contributed by atoms with van der Waals surface area (Å²) in [4.78, 5) is 27.6. The molecule has 2 rings (SSSR count). The van der Waals surface area contributed by atoms with Crippen LogP contribution in [0.5, 0.6) is 5.88 Å². The van der Waals surface area contributed by atoms with E-state index in [1.807, 2.05) is 0 Å². The summed E-state index contributed by atoms with van der Waals surface area (Å²) in [5.74, 6) is 9.69. The van der Waals surface area contributed by atoms with E-state index in [2.05, 4.69) is 25.0 Å². The summed E-state index contributed by atoms with van der Waals surface area (Å²) in [7, 11) is 0. The topological polar surface area (TPSA) is 139 Å². The van der Waals surface area contributed by atoms with Gasteiger partial charge >= 0.3 is 5.97 Å². The number of carbonyl (C=O) groups excluding carboxylic acids is 1. The third-order valence-electron chi connectivity index (χ3n) is 2.19. The van der Waals surface area contributed by atoms with Crippen molar-refractivity contribution in [2.45, 2.75) is 6.54 Å². The molecule has 2 aromatic heterocycles. The van der Waals surface area contributed by atoms with Crippen LogP contribution in [-0.2, 0) is 11.4 Å². The second kappa shape index (κ2) is 5.80. The van der Waals surface area contributed by atoms with E-state index >= 15 is 0 Å². The van der Waals surface area contributed by atoms with Crippen molar-refractivity contribution in [3.63, 3.8) is 0 Å². The smallest absolute Gasteiger partial charge is 0.363 e. The highest BCUT2D eigenvalue weighted by Crippen LogP contribution is 2.16. The fraction of sp³-hybridized carbons (Fsp3) is 0.100. The lowest BCUT2D eigenvalue weighted by molar-refractivity contribution is 0.0497. The monoisotopic (exact) mass is 265 g/mol. The minimum Gasteiger partial charge on any atom is -0.467 e. The van der Waals surface area contributed by atoms with Gasteiger partial charge in [-0.1, -0.05) is 0 Å². The number of nitrogens with one attached hydrogen (secondary N) is 1. The number of anilines is 1. The Morgan fingerprint density at radius 3 is 2.95 bits per heavy atom. The van der Waals surface area contributed by atoms with Crippen LogP contribution in [-0.4, -0.2) is 15.9 Å². The molecule has 0 bridgehead atoms. The summed E-state index contributed by atoms with van der Waals surface area (Å²) >= 11 is 0. The average molecular weight is 265 g/mol. The highest BCUT2D eigenvalue weighted by molar-refractivity contribution is 5.91. The fourth-order valence-electron chi connectivity index (χ4n) is 1.32. The molecule has 2 aromatic rings. The van der Waals surface area contributed by atoms with Crippen molar-refractivity contribution >= 4 is 11.9 Å². The molecule has 0 saturated heterocycles. The first-order valence-corrected chi connectivity index (χ1v) is 5.15. The van der Waals surface area contributed by atoms with Gasteiger partial charge in [0, 0.05) is 0 Å². The lowest BCUT2D eigenvalue weighted by atomic mass is 10.3. The van der Waals surface area contributed by atoms with Crippen molar-refractivity contribution in [2.75, 3.05) is 5.32 Å². The zero-order chi connectivity index (χ0) is 13.7. The largest absolute Gasteiger partial charge is 0.467 e. The molecule has 0 radical (unpaired) electrons. The first-order valence-electron chi connectivity index (χ1n) is 5.15. The molecule has 0 aliphatic heterocycles. The zero-order valence-electron chi connectivity index (χ0n) is 9.70. The van der Waals surface area contributed by atoms with Gasteiger partial charge in [0.25, 0.3) is 5.88 Å². The maximum absolute atomic E-state index is 11.3. The molecular weight excluding hydrogens is 254 g/mol. The van der Waals surface area contributed by atoms with Gasteiger partial charge in [0.1, 0.15) is 11.3 Å². The van der Waals surface area contributed by atoms with Gasteiger partial charge in [0.15, 0.2) is 0 Å². The van der Waals surface area contributed by atoms with E-state index in [0.29, 0.717) is 12.3 Å². The van der Waals surface area contributed by atoms with Crippen LogP contribution < -0.4 is 21.9 Å². The Balaban J connectivity index is 2.12. The predicted octanol–water partition coefficient (Wildman–Crippen LogP) is -0.0353. The van der Waals surface area contributed by atoms with Gasteiger partial charge in [-0.15, -0.1) is 0 Å². The van der Waals surface area contributed by atoms with E-state index in [1.165, 1.54) is 6.20 Å². The number of carbonyl (C=O) groups is 1. The van der Waals surface area contributed by atoms with Crippen LogP contribution in [0, 0.1) is 0 Å². The highest BCUT2D eigenvalue weighted by Gasteiger charge is 2.17. The lowest BCUT2D eigenvalue weighted by Crippen LogP contribution is -2.16. The number of aromatic nitrogens is 2. The first kappa shape index (κ1) is 12.8. The number of hydrogen-bond acceptors (Lipinski definition) is 9. The molecule has 0 aromatic carbocycles. The maximum atomic E-state index is 11.3. The van der Waals surface area contributed by atoms with Gasteiger partial charge in [0.2, 0.25) is 5.95 Å². The fourth-order valence-corrected chi connectivity index (χ4v) is 1.32. The minimum absolute atomic E-state index is 0.0754. The van der Waals surface area contributed by atoms with Crippen LogP contribution in [0.2, 0.25) is 0 Å². The normalized spacial score (nSPS) is 10.0. The molecule has 0 atom stereocenters. The van der Waals surface area contributed by atoms with E-state index in [1.54, 1.807) is 18.4 Å². The van der Waals surface area contributed by atoms with Crippen molar-refractivity contribution in [3.05, 3.63) is 35.9 Å². The molecule has 100 valence electrons. The number of nitrogens with two attached hydrogens (primary N) is 2. The van der Waals surface area contributed by atoms with Crippen molar-refractivity contribution in [1.29, 1.82) is 0 Å². The maximum Gasteiger partial charge on any atom is 0.363 e. The SMILES string of the molecule is NOC(=O)c1cnc(NCc2ccco2)nc1ON. The molecule has 0 spiro atoms. The van der Waals surface area contributed by atoms with Crippen molar-refractivity contribution in [1.82, 2.24) is 9.97 Å². The third-order valence-corrected chi connectivity index (χ3v) is 2.19. The molecule has 9 heteroatoms. The number of rotatable bonds is 5. The van der Waals surface area contributed by atoms with Crippen molar-refractivity contribution in [3.8, 4) is 5.88 Å². The van der Waals surface area contributed by atoms with Crippen LogP contribution in [0.15, 0.2) is 29.0 Å². The van der Waals surface area contributed by atoms with Crippen molar-refractivity contribution < 1.29 is 18.9 Å². The molecular formula is C10H11N5O4. The first-order chi connectivity index (χ1) is 9.24. The van der Waals surface area contributed by atoms with Gasteiger partial charge in [-0.25, -0.2) is 9.78 Å². The Bertz CT molecular complexity index is 557. The summed E-state index contributed by atoms with van der Waals surface area (Å²) in [6.45, 7) is 0.373.